The highest BCUT2D eigenvalue weighted by Crippen LogP contribution is 2.16. The second-order valence-corrected chi connectivity index (χ2v) is 3.12. The van der Waals surface area contributed by atoms with Crippen molar-refractivity contribution in [2.75, 3.05) is 7.05 Å². The maximum Gasteiger partial charge on any atom is 0.279 e. The Hall–Kier alpha value is -1.56. The molecule has 1 unspecified atom stereocenters. The standard InChI is InChI=1S/C7H9N5O/c1-7(8)11-5-4(9-3-10-5)6(13)12(7)2/h3H,8H2,1-2H3. The third-order valence-corrected chi connectivity index (χ3v) is 2.10. The average molecular weight is 179 g/mol. The number of carbonyl (C=O) groups excluding carboxylic acids is 1. The van der Waals surface area contributed by atoms with E-state index in [0.717, 1.165) is 0 Å². The van der Waals surface area contributed by atoms with Crippen molar-refractivity contribution < 1.29 is 4.79 Å². The van der Waals surface area contributed by atoms with Gasteiger partial charge >= 0.3 is 0 Å². The predicted octanol–water partition coefficient (Wildman–Crippen LogP) is -1.03. The van der Waals surface area contributed by atoms with E-state index in [1.165, 1.54) is 11.2 Å². The first-order valence-electron chi connectivity index (χ1n) is 3.80. The van der Waals surface area contributed by atoms with E-state index >= 15 is 0 Å². The lowest BCUT2D eigenvalue weighted by molar-refractivity contribution is -0.127. The zero-order valence-corrected chi connectivity index (χ0v) is 7.35. The Morgan fingerprint density at radius 2 is 2.31 bits per heavy atom. The second-order valence-electron chi connectivity index (χ2n) is 3.12. The summed E-state index contributed by atoms with van der Waals surface area (Å²) in [4.78, 5) is 24.6. The largest absolute Gasteiger partial charge is 0.303 e. The van der Waals surface area contributed by atoms with Gasteiger partial charge in [-0.3, -0.25) is 10.5 Å². The van der Waals surface area contributed by atoms with Crippen molar-refractivity contribution in [3.05, 3.63) is 0 Å². The Labute approximate surface area is 74.9 Å². The van der Waals surface area contributed by atoms with Crippen molar-refractivity contribution in [2.24, 2.45) is 20.7 Å². The van der Waals surface area contributed by atoms with Gasteiger partial charge in [-0.1, -0.05) is 0 Å². The molecule has 68 valence electrons. The third-order valence-electron chi connectivity index (χ3n) is 2.10. The highest BCUT2D eigenvalue weighted by atomic mass is 16.2. The molecule has 0 bridgehead atoms. The molecular weight excluding hydrogens is 170 g/mol. The van der Waals surface area contributed by atoms with Gasteiger partial charge in [0.05, 0.1) is 0 Å². The van der Waals surface area contributed by atoms with Crippen LogP contribution in [0.25, 0.3) is 0 Å². The molecule has 0 fully saturated rings. The number of amidine groups is 1. The zero-order chi connectivity index (χ0) is 9.64. The van der Waals surface area contributed by atoms with E-state index in [4.69, 9.17) is 5.73 Å². The topological polar surface area (TPSA) is 83.4 Å². The van der Waals surface area contributed by atoms with Crippen molar-refractivity contribution in [2.45, 2.75) is 12.7 Å². The number of carbonyl (C=O) groups is 1. The van der Waals surface area contributed by atoms with E-state index in [1.54, 1.807) is 14.0 Å². The summed E-state index contributed by atoms with van der Waals surface area (Å²) in [6.45, 7) is 1.64. The summed E-state index contributed by atoms with van der Waals surface area (Å²) in [6.07, 6.45) is 1.31. The predicted molar refractivity (Wildman–Crippen MR) is 48.7 cm³/mol. The van der Waals surface area contributed by atoms with Crippen molar-refractivity contribution in [1.29, 1.82) is 0 Å². The summed E-state index contributed by atoms with van der Waals surface area (Å²) >= 11 is 0. The minimum Gasteiger partial charge on any atom is -0.303 e. The lowest BCUT2D eigenvalue weighted by Gasteiger charge is -2.34. The van der Waals surface area contributed by atoms with Gasteiger partial charge in [-0.2, -0.15) is 0 Å². The molecule has 0 radical (unpaired) electrons. The summed E-state index contributed by atoms with van der Waals surface area (Å²) in [7, 11) is 1.59. The van der Waals surface area contributed by atoms with Crippen LogP contribution in [0.3, 0.4) is 0 Å². The molecule has 13 heavy (non-hydrogen) atoms. The number of nitrogens with zero attached hydrogens (tertiary/aromatic N) is 4. The van der Waals surface area contributed by atoms with Crippen molar-refractivity contribution in [3.8, 4) is 0 Å². The van der Waals surface area contributed by atoms with Crippen LogP contribution < -0.4 is 5.73 Å². The minimum atomic E-state index is -1.02. The second kappa shape index (κ2) is 2.23. The van der Waals surface area contributed by atoms with Crippen LogP contribution in [-0.4, -0.2) is 41.5 Å². The number of amides is 1. The molecule has 2 aliphatic rings. The van der Waals surface area contributed by atoms with E-state index in [-0.39, 0.29) is 11.6 Å². The molecular formula is C7H9N5O. The quantitative estimate of drug-likeness (QED) is 0.515. The monoisotopic (exact) mass is 179 g/mol. The fourth-order valence-electron chi connectivity index (χ4n) is 1.15. The van der Waals surface area contributed by atoms with E-state index in [9.17, 15) is 4.79 Å². The summed E-state index contributed by atoms with van der Waals surface area (Å²) in [5.74, 6) is -0.937. The molecule has 0 saturated heterocycles. The van der Waals surface area contributed by atoms with Gasteiger partial charge < -0.3 is 4.90 Å². The molecule has 2 rings (SSSR count). The van der Waals surface area contributed by atoms with Crippen molar-refractivity contribution >= 4 is 23.8 Å². The van der Waals surface area contributed by atoms with E-state index in [2.05, 4.69) is 15.0 Å². The lowest BCUT2D eigenvalue weighted by atomic mass is 10.2. The first-order valence-corrected chi connectivity index (χ1v) is 3.80. The van der Waals surface area contributed by atoms with Gasteiger partial charge in [0.15, 0.2) is 17.3 Å². The number of fused-ring (bicyclic) bond motifs is 1. The average Bonchev–Trinajstić information content (AvgIpc) is 2.47. The smallest absolute Gasteiger partial charge is 0.279 e. The Morgan fingerprint density at radius 1 is 1.62 bits per heavy atom. The molecule has 0 aromatic carbocycles. The molecule has 2 N–H and O–H groups in total. The van der Waals surface area contributed by atoms with Crippen LogP contribution in [-0.2, 0) is 4.79 Å². The SMILES string of the molecule is CN1C(=O)C2=NC=NC2=NC1(C)N. The van der Waals surface area contributed by atoms with Crippen LogP contribution >= 0.6 is 0 Å². The molecule has 6 nitrogen and oxygen atoms in total. The summed E-state index contributed by atoms with van der Waals surface area (Å²) in [5, 5.41) is 0. The first kappa shape index (κ1) is 8.06. The van der Waals surface area contributed by atoms with Crippen LogP contribution in [0.4, 0.5) is 0 Å². The van der Waals surface area contributed by atoms with Crippen LogP contribution in [0.1, 0.15) is 6.92 Å². The van der Waals surface area contributed by atoms with Crippen LogP contribution in [0, 0.1) is 0 Å². The van der Waals surface area contributed by atoms with Crippen LogP contribution in [0.2, 0.25) is 0 Å². The number of hydrogen-bond donors (Lipinski definition) is 1. The molecule has 2 heterocycles. The Bertz CT molecular complexity index is 365. The van der Waals surface area contributed by atoms with Gasteiger partial charge in [0, 0.05) is 7.05 Å². The molecule has 1 atom stereocenters. The Balaban J connectivity index is 2.54. The molecule has 0 aromatic rings. The summed E-state index contributed by atoms with van der Waals surface area (Å²) in [5.41, 5.74) is 6.03. The Morgan fingerprint density at radius 3 is 3.00 bits per heavy atom. The third kappa shape index (κ3) is 0.988. The van der Waals surface area contributed by atoms with Crippen LogP contribution in [0.5, 0.6) is 0 Å². The minimum absolute atomic E-state index is 0.243. The van der Waals surface area contributed by atoms with E-state index in [0.29, 0.717) is 5.84 Å². The van der Waals surface area contributed by atoms with Gasteiger partial charge in [-0.25, -0.2) is 15.0 Å². The number of hydrogen-bond acceptors (Lipinski definition) is 5. The zero-order valence-electron chi connectivity index (χ0n) is 7.35. The van der Waals surface area contributed by atoms with E-state index in [1.807, 2.05) is 0 Å². The normalized spacial score (nSPS) is 31.6. The molecule has 6 heteroatoms. The molecule has 1 amide bonds. The molecule has 0 spiro atoms. The van der Waals surface area contributed by atoms with Gasteiger partial charge in [0.25, 0.3) is 5.91 Å². The maximum atomic E-state index is 11.6. The molecule has 0 aromatic heterocycles. The lowest BCUT2D eigenvalue weighted by Crippen LogP contribution is -2.59. The fourth-order valence-corrected chi connectivity index (χ4v) is 1.15. The summed E-state index contributed by atoms with van der Waals surface area (Å²) in [6, 6.07) is 0. The van der Waals surface area contributed by atoms with Gasteiger partial charge in [0.1, 0.15) is 6.34 Å². The first-order chi connectivity index (χ1) is 6.02. The van der Waals surface area contributed by atoms with Gasteiger partial charge in [0.2, 0.25) is 0 Å². The highest BCUT2D eigenvalue weighted by Gasteiger charge is 2.39. The summed E-state index contributed by atoms with van der Waals surface area (Å²) < 4.78 is 0. The molecule has 0 saturated carbocycles. The fraction of sp³-hybridized carbons (Fsp3) is 0.429. The van der Waals surface area contributed by atoms with Crippen molar-refractivity contribution in [1.82, 2.24) is 4.90 Å². The number of rotatable bonds is 0. The van der Waals surface area contributed by atoms with Crippen LogP contribution in [0.15, 0.2) is 15.0 Å². The van der Waals surface area contributed by atoms with E-state index < -0.39 is 5.79 Å². The van der Waals surface area contributed by atoms with Gasteiger partial charge in [-0.15, -0.1) is 0 Å². The maximum absolute atomic E-state index is 11.6. The number of aliphatic imine (C=N–C) groups is 3. The van der Waals surface area contributed by atoms with Gasteiger partial charge in [-0.05, 0) is 6.92 Å². The van der Waals surface area contributed by atoms with Crippen molar-refractivity contribution in [3.63, 3.8) is 0 Å². The Kier molecular flexibility index (Phi) is 1.38. The number of nitrogens with two attached hydrogens (primary N) is 1. The molecule has 2 aliphatic heterocycles. The highest BCUT2D eigenvalue weighted by molar-refractivity contribution is 6.69. The molecule has 0 aliphatic carbocycles.